The van der Waals surface area contributed by atoms with Crippen molar-refractivity contribution < 1.29 is 4.79 Å². The summed E-state index contributed by atoms with van der Waals surface area (Å²) in [6.07, 6.45) is 0.493. The molecule has 1 atom stereocenters. The van der Waals surface area contributed by atoms with E-state index in [1.807, 2.05) is 66.7 Å². The second-order valence-corrected chi connectivity index (χ2v) is 8.33. The Morgan fingerprint density at radius 3 is 2.50 bits per heavy atom. The summed E-state index contributed by atoms with van der Waals surface area (Å²) in [5, 5.41) is 4.64. The Morgan fingerprint density at radius 2 is 1.68 bits per heavy atom. The van der Waals surface area contributed by atoms with E-state index in [4.69, 9.17) is 4.98 Å². The molecule has 0 spiro atoms. The van der Waals surface area contributed by atoms with Gasteiger partial charge in [-0.2, -0.15) is 0 Å². The number of carbonyl (C=O) groups excluding carboxylic acids is 1. The number of nitrogens with one attached hydrogen (secondary N) is 1. The van der Waals surface area contributed by atoms with Crippen LogP contribution < -0.4 is 5.32 Å². The number of Topliss-reactive ketones (excluding diaryl/α,β-unsaturated/α-hetero) is 1. The highest BCUT2D eigenvalue weighted by Crippen LogP contribution is 2.41. The summed E-state index contributed by atoms with van der Waals surface area (Å²) in [5.74, 6) is 0.0961. The summed E-state index contributed by atoms with van der Waals surface area (Å²) in [7, 11) is 0. The highest BCUT2D eigenvalue weighted by molar-refractivity contribution is 14.1. The van der Waals surface area contributed by atoms with Gasteiger partial charge in [-0.25, -0.2) is 0 Å². The molecule has 4 heteroatoms. The first kappa shape index (κ1) is 17.4. The summed E-state index contributed by atoms with van der Waals surface area (Å²) in [5.41, 5.74) is 3.58. The summed E-state index contributed by atoms with van der Waals surface area (Å²) >= 11 is 2.31. The van der Waals surface area contributed by atoms with E-state index >= 15 is 0 Å². The van der Waals surface area contributed by atoms with Gasteiger partial charge in [-0.15, -0.1) is 0 Å². The minimum atomic E-state index is -0.838. The Morgan fingerprint density at radius 1 is 0.893 bits per heavy atom. The lowest BCUT2D eigenvalue weighted by Crippen LogP contribution is -2.41. The molecule has 1 aromatic heterocycles. The van der Waals surface area contributed by atoms with Gasteiger partial charge in [0.2, 0.25) is 0 Å². The molecule has 2 heterocycles. The van der Waals surface area contributed by atoms with Crippen LogP contribution in [0, 0.1) is 3.57 Å². The predicted molar refractivity (Wildman–Crippen MR) is 121 cm³/mol. The lowest BCUT2D eigenvalue weighted by atomic mass is 9.81. The van der Waals surface area contributed by atoms with Crippen LogP contribution in [0.1, 0.15) is 21.6 Å². The van der Waals surface area contributed by atoms with Crippen LogP contribution in [0.4, 0.5) is 5.69 Å². The van der Waals surface area contributed by atoms with Crippen LogP contribution in [0.2, 0.25) is 0 Å². The molecule has 0 saturated carbocycles. The molecule has 0 bridgehead atoms. The molecular formula is C24H17IN2O. The van der Waals surface area contributed by atoms with Crippen molar-refractivity contribution in [2.24, 2.45) is 0 Å². The fraction of sp³-hybridized carbons (Fsp3) is 0.0833. The number of carbonyl (C=O) groups is 1. The minimum Gasteiger partial charge on any atom is -0.368 e. The number of pyridine rings is 1. The third-order valence-electron chi connectivity index (χ3n) is 5.33. The van der Waals surface area contributed by atoms with Gasteiger partial charge in [-0.05, 0) is 64.6 Å². The number of anilines is 1. The molecular weight excluding hydrogens is 459 g/mol. The fourth-order valence-corrected chi connectivity index (χ4v) is 4.48. The average Bonchev–Trinajstić information content (AvgIpc) is 3.02. The Labute approximate surface area is 177 Å². The Hall–Kier alpha value is -2.73. The van der Waals surface area contributed by atoms with Crippen molar-refractivity contribution in [3.05, 3.63) is 105 Å². The molecule has 28 heavy (non-hydrogen) atoms. The number of rotatable bonds is 3. The Bertz CT molecular complexity index is 1210. The number of ketones is 1. The van der Waals surface area contributed by atoms with E-state index in [1.54, 1.807) is 0 Å². The first-order valence-corrected chi connectivity index (χ1v) is 10.3. The molecule has 1 aliphatic rings. The van der Waals surface area contributed by atoms with Gasteiger partial charge >= 0.3 is 0 Å². The van der Waals surface area contributed by atoms with E-state index in [-0.39, 0.29) is 5.78 Å². The molecule has 0 fully saturated rings. The van der Waals surface area contributed by atoms with Gasteiger partial charge in [-0.1, -0.05) is 48.5 Å². The Balaban J connectivity index is 1.63. The summed E-state index contributed by atoms with van der Waals surface area (Å²) in [6, 6.07) is 28.0. The third kappa shape index (κ3) is 2.79. The van der Waals surface area contributed by atoms with Gasteiger partial charge in [0.05, 0.1) is 5.52 Å². The van der Waals surface area contributed by atoms with Crippen molar-refractivity contribution >= 4 is 45.0 Å². The maximum Gasteiger partial charge on any atom is 0.195 e. The number of nitrogens with zero attached hydrogens (tertiary/aromatic N) is 1. The van der Waals surface area contributed by atoms with Gasteiger partial charge in [0.1, 0.15) is 5.54 Å². The number of hydrogen-bond acceptors (Lipinski definition) is 3. The molecule has 1 aliphatic heterocycles. The number of benzene rings is 3. The maximum atomic E-state index is 13.5. The Kier molecular flexibility index (Phi) is 4.16. The molecule has 3 aromatic carbocycles. The normalized spacial score (nSPS) is 18.1. The van der Waals surface area contributed by atoms with Gasteiger partial charge in [0.25, 0.3) is 0 Å². The quantitative estimate of drug-likeness (QED) is 0.393. The van der Waals surface area contributed by atoms with Crippen molar-refractivity contribution in [2.45, 2.75) is 12.0 Å². The van der Waals surface area contributed by atoms with Crippen LogP contribution in [0.15, 0.2) is 84.9 Å². The number of fused-ring (bicyclic) bond motifs is 2. The first-order valence-electron chi connectivity index (χ1n) is 9.18. The van der Waals surface area contributed by atoms with Gasteiger partial charge < -0.3 is 5.32 Å². The molecule has 4 aromatic rings. The van der Waals surface area contributed by atoms with E-state index in [1.165, 1.54) is 3.57 Å². The standard InChI is InChI=1S/C24H17IN2O/c25-18-11-13-21-16(14-18)10-12-19(26-21)15-24(17-6-2-1-3-7-17)23(28)20-8-4-5-9-22(20)27-24/h1-14,27H,15H2. The summed E-state index contributed by atoms with van der Waals surface area (Å²) < 4.78 is 1.18. The van der Waals surface area contributed by atoms with E-state index in [9.17, 15) is 4.79 Å². The van der Waals surface area contributed by atoms with E-state index in [0.717, 1.165) is 33.4 Å². The molecule has 0 amide bonds. The smallest absolute Gasteiger partial charge is 0.195 e. The second kappa shape index (κ2) is 6.71. The van der Waals surface area contributed by atoms with Crippen molar-refractivity contribution in [2.75, 3.05) is 5.32 Å². The largest absolute Gasteiger partial charge is 0.368 e. The van der Waals surface area contributed by atoms with Crippen LogP contribution >= 0.6 is 22.6 Å². The molecule has 0 saturated heterocycles. The maximum absolute atomic E-state index is 13.5. The second-order valence-electron chi connectivity index (χ2n) is 7.09. The van der Waals surface area contributed by atoms with Gasteiger partial charge in [0.15, 0.2) is 5.78 Å². The lowest BCUT2D eigenvalue weighted by molar-refractivity contribution is 0.0916. The third-order valence-corrected chi connectivity index (χ3v) is 6.00. The average molecular weight is 476 g/mol. The van der Waals surface area contributed by atoms with E-state index in [0.29, 0.717) is 6.42 Å². The number of halogens is 1. The molecule has 1 N–H and O–H groups in total. The SMILES string of the molecule is O=C1c2ccccc2NC1(Cc1ccc2cc(I)ccc2n1)c1ccccc1. The molecule has 0 radical (unpaired) electrons. The zero-order valence-corrected chi connectivity index (χ0v) is 17.2. The number of para-hydroxylation sites is 1. The summed E-state index contributed by atoms with van der Waals surface area (Å²) in [4.78, 5) is 18.4. The molecule has 136 valence electrons. The monoisotopic (exact) mass is 476 g/mol. The lowest BCUT2D eigenvalue weighted by Gasteiger charge is -2.29. The van der Waals surface area contributed by atoms with Crippen LogP contribution in [-0.4, -0.2) is 10.8 Å². The van der Waals surface area contributed by atoms with Crippen LogP contribution in [0.3, 0.4) is 0 Å². The van der Waals surface area contributed by atoms with Crippen molar-refractivity contribution in [3.8, 4) is 0 Å². The number of hydrogen-bond donors (Lipinski definition) is 1. The van der Waals surface area contributed by atoms with Crippen molar-refractivity contribution in [1.82, 2.24) is 4.98 Å². The van der Waals surface area contributed by atoms with Crippen LogP contribution in [0.5, 0.6) is 0 Å². The molecule has 0 aliphatic carbocycles. The first-order chi connectivity index (χ1) is 13.7. The van der Waals surface area contributed by atoms with Gasteiger partial charge in [0, 0.05) is 32.3 Å². The highest BCUT2D eigenvalue weighted by atomic mass is 127. The van der Waals surface area contributed by atoms with Crippen LogP contribution in [-0.2, 0) is 12.0 Å². The van der Waals surface area contributed by atoms with Crippen LogP contribution in [0.25, 0.3) is 10.9 Å². The summed E-state index contributed by atoms with van der Waals surface area (Å²) in [6.45, 7) is 0. The van der Waals surface area contributed by atoms with Crippen molar-refractivity contribution in [1.29, 1.82) is 0 Å². The van der Waals surface area contributed by atoms with Gasteiger partial charge in [-0.3, -0.25) is 9.78 Å². The topological polar surface area (TPSA) is 42.0 Å². The zero-order valence-electron chi connectivity index (χ0n) is 15.0. The highest BCUT2D eigenvalue weighted by Gasteiger charge is 2.46. The molecule has 1 unspecified atom stereocenters. The number of aromatic nitrogens is 1. The fourth-order valence-electron chi connectivity index (χ4n) is 3.97. The van der Waals surface area contributed by atoms with Crippen molar-refractivity contribution in [3.63, 3.8) is 0 Å². The molecule has 3 nitrogen and oxygen atoms in total. The zero-order chi connectivity index (χ0) is 19.1. The predicted octanol–water partition coefficient (Wildman–Crippen LogP) is 5.59. The van der Waals surface area contributed by atoms with E-state index in [2.05, 4.69) is 46.1 Å². The molecule has 5 rings (SSSR count). The minimum absolute atomic E-state index is 0.0961. The van der Waals surface area contributed by atoms with E-state index < -0.39 is 5.54 Å².